The molecule has 0 aliphatic carbocycles. The van der Waals surface area contributed by atoms with Gasteiger partial charge in [0.05, 0.1) is 26.5 Å². The second-order valence-electron chi connectivity index (χ2n) is 3.25. The van der Waals surface area contributed by atoms with E-state index in [9.17, 15) is 0 Å². The third-order valence-corrected chi connectivity index (χ3v) is 2.33. The van der Waals surface area contributed by atoms with Gasteiger partial charge in [0.1, 0.15) is 0 Å². The fourth-order valence-corrected chi connectivity index (χ4v) is 1.49. The normalized spacial score (nSPS) is 10.3. The summed E-state index contributed by atoms with van der Waals surface area (Å²) in [6.07, 6.45) is 0. The highest BCUT2D eigenvalue weighted by Crippen LogP contribution is 2.28. The summed E-state index contributed by atoms with van der Waals surface area (Å²) in [5, 5.41) is 11.3. The summed E-state index contributed by atoms with van der Waals surface area (Å²) >= 11 is 0. The number of nitrogens with zero attached hydrogens (tertiary/aromatic N) is 4. The van der Waals surface area contributed by atoms with Crippen LogP contribution >= 0.6 is 0 Å². The van der Waals surface area contributed by atoms with Gasteiger partial charge in [-0.25, -0.2) is 0 Å². The molecular formula is C10H13N5O2. The molecule has 1 aromatic carbocycles. The number of rotatable bonds is 4. The highest BCUT2D eigenvalue weighted by molar-refractivity contribution is 5.48. The molecule has 1 aromatic heterocycles. The Kier molecular flexibility index (Phi) is 3.20. The van der Waals surface area contributed by atoms with Gasteiger partial charge in [0.15, 0.2) is 17.3 Å². The van der Waals surface area contributed by atoms with Gasteiger partial charge in [0.25, 0.3) is 0 Å². The Morgan fingerprint density at radius 1 is 1.24 bits per heavy atom. The quantitative estimate of drug-likeness (QED) is 0.810. The lowest BCUT2D eigenvalue weighted by molar-refractivity contribution is 0.354. The molecule has 0 aliphatic heterocycles. The minimum absolute atomic E-state index is 0.265. The van der Waals surface area contributed by atoms with E-state index in [4.69, 9.17) is 15.2 Å². The van der Waals surface area contributed by atoms with Crippen LogP contribution in [0, 0.1) is 0 Å². The van der Waals surface area contributed by atoms with Crippen LogP contribution in [-0.2, 0) is 6.54 Å². The molecule has 0 atom stereocenters. The summed E-state index contributed by atoms with van der Waals surface area (Å²) < 4.78 is 11.9. The van der Waals surface area contributed by atoms with Gasteiger partial charge < -0.3 is 15.2 Å². The van der Waals surface area contributed by atoms with Crippen molar-refractivity contribution in [1.82, 2.24) is 20.2 Å². The fourth-order valence-electron chi connectivity index (χ4n) is 1.49. The molecule has 17 heavy (non-hydrogen) atoms. The molecule has 2 aromatic rings. The maximum Gasteiger partial charge on any atom is 0.170 e. The van der Waals surface area contributed by atoms with Crippen molar-refractivity contribution in [3.63, 3.8) is 0 Å². The molecule has 7 heteroatoms. The van der Waals surface area contributed by atoms with Crippen molar-refractivity contribution in [2.75, 3.05) is 14.2 Å². The fraction of sp³-hybridized carbons (Fsp3) is 0.300. The van der Waals surface area contributed by atoms with Crippen LogP contribution in [0.5, 0.6) is 11.5 Å². The largest absolute Gasteiger partial charge is 0.493 e. The zero-order chi connectivity index (χ0) is 12.3. The SMILES string of the molecule is COc1ccc(-n2nnnc2CN)cc1OC. The molecule has 0 radical (unpaired) electrons. The Morgan fingerprint density at radius 2 is 2.00 bits per heavy atom. The van der Waals surface area contributed by atoms with E-state index in [1.54, 1.807) is 31.0 Å². The number of hydrogen-bond acceptors (Lipinski definition) is 6. The summed E-state index contributed by atoms with van der Waals surface area (Å²) in [7, 11) is 3.16. The molecule has 0 unspecified atom stereocenters. The third-order valence-electron chi connectivity index (χ3n) is 2.33. The first-order valence-electron chi connectivity index (χ1n) is 5.00. The van der Waals surface area contributed by atoms with Crippen LogP contribution in [0.15, 0.2) is 18.2 Å². The molecular weight excluding hydrogens is 222 g/mol. The standard InChI is InChI=1S/C10H13N5O2/c1-16-8-4-3-7(5-9(8)17-2)15-10(6-11)12-13-14-15/h3-5H,6,11H2,1-2H3. The van der Waals surface area contributed by atoms with E-state index >= 15 is 0 Å². The van der Waals surface area contributed by atoms with E-state index in [0.717, 1.165) is 5.69 Å². The predicted molar refractivity (Wildman–Crippen MR) is 60.1 cm³/mol. The van der Waals surface area contributed by atoms with Gasteiger partial charge in [-0.2, -0.15) is 4.68 Å². The average Bonchev–Trinajstić information content (AvgIpc) is 2.86. The third kappa shape index (κ3) is 2.04. The number of ether oxygens (including phenoxy) is 2. The Morgan fingerprint density at radius 3 is 2.65 bits per heavy atom. The molecule has 0 fully saturated rings. The van der Waals surface area contributed by atoms with E-state index < -0.39 is 0 Å². The van der Waals surface area contributed by atoms with Crippen LogP contribution in [0.4, 0.5) is 0 Å². The van der Waals surface area contributed by atoms with Gasteiger partial charge >= 0.3 is 0 Å². The van der Waals surface area contributed by atoms with Crippen molar-refractivity contribution in [2.45, 2.75) is 6.54 Å². The number of tetrazole rings is 1. The average molecular weight is 235 g/mol. The lowest BCUT2D eigenvalue weighted by Gasteiger charge is -2.09. The molecule has 90 valence electrons. The van der Waals surface area contributed by atoms with Crippen LogP contribution in [0.3, 0.4) is 0 Å². The second kappa shape index (κ2) is 4.79. The van der Waals surface area contributed by atoms with Crippen LogP contribution in [-0.4, -0.2) is 34.4 Å². The smallest absolute Gasteiger partial charge is 0.170 e. The summed E-state index contributed by atoms with van der Waals surface area (Å²) in [4.78, 5) is 0. The van der Waals surface area contributed by atoms with Gasteiger partial charge in [0.2, 0.25) is 0 Å². The van der Waals surface area contributed by atoms with Crippen molar-refractivity contribution >= 4 is 0 Å². The van der Waals surface area contributed by atoms with Crippen molar-refractivity contribution in [3.8, 4) is 17.2 Å². The maximum absolute atomic E-state index is 5.54. The van der Waals surface area contributed by atoms with E-state index in [1.165, 1.54) is 0 Å². The number of hydrogen-bond donors (Lipinski definition) is 1. The highest BCUT2D eigenvalue weighted by Gasteiger charge is 2.10. The molecule has 2 N–H and O–H groups in total. The first kappa shape index (κ1) is 11.3. The number of methoxy groups -OCH3 is 2. The van der Waals surface area contributed by atoms with Gasteiger partial charge in [-0.1, -0.05) is 0 Å². The number of aromatic nitrogens is 4. The molecule has 7 nitrogen and oxygen atoms in total. The zero-order valence-electron chi connectivity index (χ0n) is 9.62. The molecule has 0 bridgehead atoms. The Balaban J connectivity index is 2.46. The highest BCUT2D eigenvalue weighted by atomic mass is 16.5. The minimum atomic E-state index is 0.265. The topological polar surface area (TPSA) is 88.1 Å². The molecule has 0 amide bonds. The second-order valence-corrected chi connectivity index (χ2v) is 3.25. The monoisotopic (exact) mass is 235 g/mol. The van der Waals surface area contributed by atoms with Gasteiger partial charge in [-0.3, -0.25) is 0 Å². The Labute approximate surface area is 98.1 Å². The molecule has 2 rings (SSSR count). The molecule has 0 saturated heterocycles. The minimum Gasteiger partial charge on any atom is -0.493 e. The molecule has 0 aliphatic rings. The van der Waals surface area contributed by atoms with Crippen LogP contribution < -0.4 is 15.2 Å². The van der Waals surface area contributed by atoms with Crippen molar-refractivity contribution in [2.24, 2.45) is 5.73 Å². The van der Waals surface area contributed by atoms with Crippen molar-refractivity contribution in [1.29, 1.82) is 0 Å². The van der Waals surface area contributed by atoms with Crippen LogP contribution in [0.25, 0.3) is 5.69 Å². The number of benzene rings is 1. The molecule has 0 spiro atoms. The number of nitrogens with two attached hydrogens (primary N) is 1. The first-order chi connectivity index (χ1) is 8.30. The Hall–Kier alpha value is -2.15. The first-order valence-corrected chi connectivity index (χ1v) is 5.00. The van der Waals surface area contributed by atoms with Crippen molar-refractivity contribution < 1.29 is 9.47 Å². The predicted octanol–water partition coefficient (Wildman–Crippen LogP) is 0.138. The van der Waals surface area contributed by atoms with Gasteiger partial charge in [0, 0.05) is 6.07 Å². The van der Waals surface area contributed by atoms with E-state index in [0.29, 0.717) is 17.3 Å². The van der Waals surface area contributed by atoms with Crippen LogP contribution in [0.1, 0.15) is 5.82 Å². The lowest BCUT2D eigenvalue weighted by atomic mass is 10.2. The molecule has 1 heterocycles. The van der Waals surface area contributed by atoms with Crippen LogP contribution in [0.2, 0.25) is 0 Å². The Bertz CT molecular complexity index is 511. The van der Waals surface area contributed by atoms with Crippen molar-refractivity contribution in [3.05, 3.63) is 24.0 Å². The zero-order valence-corrected chi connectivity index (χ0v) is 9.62. The maximum atomic E-state index is 5.54. The molecule has 0 saturated carbocycles. The van der Waals surface area contributed by atoms with Gasteiger partial charge in [-0.15, -0.1) is 5.10 Å². The summed E-state index contributed by atoms with van der Waals surface area (Å²) in [6, 6.07) is 5.40. The van der Waals surface area contributed by atoms with E-state index in [-0.39, 0.29) is 6.54 Å². The van der Waals surface area contributed by atoms with Gasteiger partial charge in [-0.05, 0) is 22.6 Å². The summed E-state index contributed by atoms with van der Waals surface area (Å²) in [6.45, 7) is 0.265. The van der Waals surface area contributed by atoms with E-state index in [2.05, 4.69) is 15.5 Å². The lowest BCUT2D eigenvalue weighted by Crippen LogP contribution is -2.08. The summed E-state index contributed by atoms with van der Waals surface area (Å²) in [5.74, 6) is 1.85. The van der Waals surface area contributed by atoms with E-state index in [1.807, 2.05) is 6.07 Å². The summed E-state index contributed by atoms with van der Waals surface area (Å²) in [5.41, 5.74) is 6.31.